The molecule has 0 spiro atoms. The van der Waals surface area contributed by atoms with Crippen LogP contribution in [0.5, 0.6) is 11.5 Å². The number of carbonyl (C=O) groups excluding carboxylic acids is 1. The van der Waals surface area contributed by atoms with E-state index >= 15 is 0 Å². The fourth-order valence-corrected chi connectivity index (χ4v) is 2.79. The van der Waals surface area contributed by atoms with Gasteiger partial charge in [0.05, 0.1) is 18.1 Å². The van der Waals surface area contributed by atoms with E-state index in [9.17, 15) is 4.79 Å². The van der Waals surface area contributed by atoms with Crippen molar-refractivity contribution in [3.05, 3.63) is 54.9 Å². The molecule has 0 unspecified atom stereocenters. The van der Waals surface area contributed by atoms with Crippen LogP contribution < -0.4 is 9.47 Å². The maximum absolute atomic E-state index is 10.6. The molecule has 6 nitrogen and oxygen atoms in total. The van der Waals surface area contributed by atoms with Crippen LogP contribution >= 0.6 is 0 Å². The number of ether oxygens (including phenoxy) is 2. The third-order valence-corrected chi connectivity index (χ3v) is 3.98. The molecule has 0 saturated heterocycles. The highest BCUT2D eigenvalue weighted by Gasteiger charge is 2.10. The third kappa shape index (κ3) is 2.67. The summed E-state index contributed by atoms with van der Waals surface area (Å²) in [6.07, 6.45) is 2.45. The van der Waals surface area contributed by atoms with Crippen LogP contribution in [-0.4, -0.2) is 34.5 Å². The van der Waals surface area contributed by atoms with Crippen molar-refractivity contribution in [1.29, 1.82) is 0 Å². The monoisotopic (exact) mass is 333 g/mol. The predicted molar refractivity (Wildman–Crippen MR) is 94.5 cm³/mol. The van der Waals surface area contributed by atoms with Crippen molar-refractivity contribution in [3.8, 4) is 17.3 Å². The summed E-state index contributed by atoms with van der Waals surface area (Å²) in [7, 11) is 1.63. The highest BCUT2D eigenvalue weighted by atomic mass is 16.5. The van der Waals surface area contributed by atoms with E-state index in [0.717, 1.165) is 34.3 Å². The molecule has 2 aromatic heterocycles. The number of carbonyl (C=O) groups is 1. The lowest BCUT2D eigenvalue weighted by Gasteiger charge is -2.09. The highest BCUT2D eigenvalue weighted by Crippen LogP contribution is 2.27. The first kappa shape index (κ1) is 15.1. The molecule has 0 fully saturated rings. The number of hydrogen-bond donors (Lipinski definition) is 0. The molecule has 4 aromatic rings. The molecular weight excluding hydrogens is 318 g/mol. The van der Waals surface area contributed by atoms with Gasteiger partial charge in [-0.3, -0.25) is 9.36 Å². The Bertz CT molecular complexity index is 1070. The van der Waals surface area contributed by atoms with Crippen molar-refractivity contribution in [2.45, 2.75) is 0 Å². The Morgan fingerprint density at radius 1 is 1.16 bits per heavy atom. The van der Waals surface area contributed by atoms with Gasteiger partial charge >= 0.3 is 0 Å². The Labute approximate surface area is 143 Å². The fourth-order valence-electron chi connectivity index (χ4n) is 2.79. The average molecular weight is 333 g/mol. The van der Waals surface area contributed by atoms with E-state index in [4.69, 9.17) is 14.5 Å². The number of rotatable bonds is 5. The van der Waals surface area contributed by atoms with E-state index in [1.54, 1.807) is 19.5 Å². The Morgan fingerprint density at radius 3 is 2.92 bits per heavy atom. The number of imidazole rings is 1. The van der Waals surface area contributed by atoms with Crippen molar-refractivity contribution in [1.82, 2.24) is 14.5 Å². The molecule has 0 N–H and O–H groups in total. The summed E-state index contributed by atoms with van der Waals surface area (Å²) in [6, 6.07) is 15.3. The minimum atomic E-state index is -0.00117. The molecule has 0 aliphatic carbocycles. The first-order chi connectivity index (χ1) is 12.3. The number of pyridine rings is 1. The molecule has 0 amide bonds. The molecule has 4 rings (SSSR count). The van der Waals surface area contributed by atoms with Crippen LogP contribution in [0.2, 0.25) is 0 Å². The molecule has 124 valence electrons. The van der Waals surface area contributed by atoms with Crippen molar-refractivity contribution < 1.29 is 14.3 Å². The second-order valence-electron chi connectivity index (χ2n) is 5.44. The normalized spacial score (nSPS) is 10.9. The zero-order valence-electron chi connectivity index (χ0n) is 13.5. The summed E-state index contributed by atoms with van der Waals surface area (Å²) in [5.41, 5.74) is 2.46. The number of aldehydes is 1. The SMILES string of the molecule is COc1ccc2c(c1)ncn2-c1ccc2cccc(OCC=O)c2n1. The van der Waals surface area contributed by atoms with Gasteiger partial charge in [0.1, 0.15) is 35.8 Å². The summed E-state index contributed by atoms with van der Waals surface area (Å²) < 4.78 is 12.6. The van der Waals surface area contributed by atoms with Gasteiger partial charge in [-0.2, -0.15) is 0 Å². The number of hydrogen-bond acceptors (Lipinski definition) is 5. The predicted octanol–water partition coefficient (Wildman–Crippen LogP) is 3.16. The van der Waals surface area contributed by atoms with Gasteiger partial charge in [0.25, 0.3) is 0 Å². The zero-order chi connectivity index (χ0) is 17.2. The molecule has 0 atom stereocenters. The van der Waals surface area contributed by atoms with Gasteiger partial charge in [-0.05, 0) is 30.3 Å². The molecular formula is C19H15N3O3. The lowest BCUT2D eigenvalue weighted by molar-refractivity contribution is -0.109. The van der Waals surface area contributed by atoms with Crippen LogP contribution in [-0.2, 0) is 4.79 Å². The smallest absolute Gasteiger partial charge is 0.157 e. The zero-order valence-corrected chi connectivity index (χ0v) is 13.5. The molecule has 0 aliphatic rings. The molecule has 6 heteroatoms. The first-order valence-electron chi connectivity index (χ1n) is 7.78. The number of nitrogens with zero attached hydrogens (tertiary/aromatic N) is 3. The summed E-state index contributed by atoms with van der Waals surface area (Å²) in [6.45, 7) is -0.00117. The largest absolute Gasteiger partial charge is 0.497 e. The van der Waals surface area contributed by atoms with E-state index in [0.29, 0.717) is 11.3 Å². The molecule has 2 heterocycles. The van der Waals surface area contributed by atoms with Crippen LogP contribution in [0.1, 0.15) is 0 Å². The van der Waals surface area contributed by atoms with Gasteiger partial charge in [-0.1, -0.05) is 12.1 Å². The third-order valence-electron chi connectivity index (χ3n) is 3.98. The van der Waals surface area contributed by atoms with Crippen molar-refractivity contribution in [2.75, 3.05) is 13.7 Å². The van der Waals surface area contributed by atoms with E-state index in [-0.39, 0.29) is 6.61 Å². The standard InChI is InChI=1S/C19H15N3O3/c1-24-14-6-7-16-15(11-14)20-12-22(16)18-8-5-13-3-2-4-17(19(13)21-18)25-10-9-23/h2-9,11-12H,10H2,1H3. The second-order valence-corrected chi connectivity index (χ2v) is 5.44. The summed E-state index contributed by atoms with van der Waals surface area (Å²) in [5.74, 6) is 2.06. The maximum atomic E-state index is 10.6. The van der Waals surface area contributed by atoms with Crippen molar-refractivity contribution in [2.24, 2.45) is 0 Å². The minimum Gasteiger partial charge on any atom is -0.497 e. The average Bonchev–Trinajstić information content (AvgIpc) is 3.09. The van der Waals surface area contributed by atoms with Gasteiger partial charge < -0.3 is 9.47 Å². The van der Waals surface area contributed by atoms with Crippen LogP contribution in [0.3, 0.4) is 0 Å². The lowest BCUT2D eigenvalue weighted by atomic mass is 10.2. The molecule has 0 bridgehead atoms. The number of aromatic nitrogens is 3. The van der Waals surface area contributed by atoms with Gasteiger partial charge in [0.2, 0.25) is 0 Å². The first-order valence-corrected chi connectivity index (χ1v) is 7.78. The Morgan fingerprint density at radius 2 is 2.08 bits per heavy atom. The maximum Gasteiger partial charge on any atom is 0.157 e. The van der Waals surface area contributed by atoms with E-state index in [2.05, 4.69) is 4.98 Å². The van der Waals surface area contributed by atoms with E-state index < -0.39 is 0 Å². The van der Waals surface area contributed by atoms with Crippen LogP contribution in [0.4, 0.5) is 0 Å². The summed E-state index contributed by atoms with van der Waals surface area (Å²) >= 11 is 0. The quantitative estimate of drug-likeness (QED) is 0.525. The number of para-hydroxylation sites is 1. The van der Waals surface area contributed by atoms with Gasteiger partial charge in [0.15, 0.2) is 6.29 Å². The summed E-state index contributed by atoms with van der Waals surface area (Å²) in [5, 5.41) is 0.943. The molecule has 0 aliphatic heterocycles. The lowest BCUT2D eigenvalue weighted by Crippen LogP contribution is -2.01. The minimum absolute atomic E-state index is 0.00117. The molecule has 0 radical (unpaired) electrons. The topological polar surface area (TPSA) is 66.2 Å². The van der Waals surface area contributed by atoms with Gasteiger partial charge in [-0.25, -0.2) is 9.97 Å². The number of methoxy groups -OCH3 is 1. The van der Waals surface area contributed by atoms with E-state index in [1.165, 1.54) is 0 Å². The van der Waals surface area contributed by atoms with Crippen LogP contribution in [0.25, 0.3) is 27.8 Å². The van der Waals surface area contributed by atoms with Gasteiger partial charge in [-0.15, -0.1) is 0 Å². The Kier molecular flexibility index (Phi) is 3.78. The van der Waals surface area contributed by atoms with Gasteiger partial charge in [0, 0.05) is 11.5 Å². The molecule has 2 aromatic carbocycles. The number of fused-ring (bicyclic) bond motifs is 2. The molecule has 25 heavy (non-hydrogen) atoms. The van der Waals surface area contributed by atoms with Crippen molar-refractivity contribution in [3.63, 3.8) is 0 Å². The van der Waals surface area contributed by atoms with Crippen LogP contribution in [0.15, 0.2) is 54.9 Å². The Hall–Kier alpha value is -3.41. The fraction of sp³-hybridized carbons (Fsp3) is 0.105. The van der Waals surface area contributed by atoms with E-state index in [1.807, 2.05) is 47.0 Å². The molecule has 0 saturated carbocycles. The van der Waals surface area contributed by atoms with Crippen molar-refractivity contribution >= 4 is 28.2 Å². The second kappa shape index (κ2) is 6.24. The highest BCUT2D eigenvalue weighted by molar-refractivity contribution is 5.86. The summed E-state index contributed by atoms with van der Waals surface area (Å²) in [4.78, 5) is 19.7. The van der Waals surface area contributed by atoms with Crippen LogP contribution in [0, 0.1) is 0 Å². The Balaban J connectivity index is 1.85. The number of benzene rings is 2.